The molecule has 7 nitrogen and oxygen atoms in total. The molecule has 0 spiro atoms. The average Bonchev–Trinajstić information content (AvgIpc) is 3.18. The second-order valence-corrected chi connectivity index (χ2v) is 7.57. The standard InChI is InChI=1S/C22H27N5O2/c1-14(2)21-24-25-26-27(21)20-11-18(17-8-6-15(3)7-9-17)10-19(12-20)22(28)23-16(4)13-29-5/h6-12,14,16H,13H2,1-5H3,(H,23,28)/t16-/m0/s1. The van der Waals surface area contributed by atoms with E-state index in [1.165, 1.54) is 5.56 Å². The molecule has 29 heavy (non-hydrogen) atoms. The predicted molar refractivity (Wildman–Crippen MR) is 112 cm³/mol. The molecule has 3 aromatic rings. The van der Waals surface area contributed by atoms with E-state index in [0.29, 0.717) is 12.2 Å². The van der Waals surface area contributed by atoms with Gasteiger partial charge in [-0.2, -0.15) is 4.68 Å². The Balaban J connectivity index is 2.08. The lowest BCUT2D eigenvalue weighted by atomic mass is 10.0. The van der Waals surface area contributed by atoms with Crippen molar-refractivity contribution in [3.05, 3.63) is 59.4 Å². The lowest BCUT2D eigenvalue weighted by molar-refractivity contribution is 0.0905. The number of aromatic nitrogens is 4. The van der Waals surface area contributed by atoms with Crippen molar-refractivity contribution in [2.24, 2.45) is 0 Å². The number of aryl methyl sites for hydroxylation is 1. The fraction of sp³-hybridized carbons (Fsp3) is 0.364. The SMILES string of the molecule is COC[C@H](C)NC(=O)c1cc(-c2ccc(C)cc2)cc(-n2nnnc2C(C)C)c1. The Bertz CT molecular complexity index is 979. The molecule has 1 atom stereocenters. The molecule has 1 amide bonds. The van der Waals surface area contributed by atoms with Crippen LogP contribution in [-0.4, -0.2) is 45.9 Å². The smallest absolute Gasteiger partial charge is 0.251 e. The zero-order valence-electron chi connectivity index (χ0n) is 17.5. The van der Waals surface area contributed by atoms with Gasteiger partial charge in [0.2, 0.25) is 0 Å². The van der Waals surface area contributed by atoms with Crippen LogP contribution in [0.4, 0.5) is 0 Å². The molecule has 7 heteroatoms. The first-order valence-electron chi connectivity index (χ1n) is 9.69. The molecule has 0 unspecified atom stereocenters. The lowest BCUT2D eigenvalue weighted by Gasteiger charge is -2.15. The number of benzene rings is 2. The molecule has 1 N–H and O–H groups in total. The highest BCUT2D eigenvalue weighted by molar-refractivity contribution is 5.96. The maximum Gasteiger partial charge on any atom is 0.251 e. The number of hydrogen-bond donors (Lipinski definition) is 1. The molecule has 0 fully saturated rings. The summed E-state index contributed by atoms with van der Waals surface area (Å²) in [7, 11) is 1.62. The van der Waals surface area contributed by atoms with E-state index in [0.717, 1.165) is 22.6 Å². The molecule has 152 valence electrons. The van der Waals surface area contributed by atoms with E-state index in [1.807, 2.05) is 58.0 Å². The van der Waals surface area contributed by atoms with Gasteiger partial charge in [-0.15, -0.1) is 5.10 Å². The predicted octanol–water partition coefficient (Wildman–Crippen LogP) is 3.53. The van der Waals surface area contributed by atoms with Gasteiger partial charge in [0.15, 0.2) is 5.82 Å². The van der Waals surface area contributed by atoms with Gasteiger partial charge in [-0.05, 0) is 53.6 Å². The Morgan fingerprint density at radius 1 is 1.10 bits per heavy atom. The van der Waals surface area contributed by atoms with Gasteiger partial charge < -0.3 is 10.1 Å². The summed E-state index contributed by atoms with van der Waals surface area (Å²) in [5.41, 5.74) is 4.43. The van der Waals surface area contributed by atoms with Gasteiger partial charge in [-0.1, -0.05) is 43.7 Å². The van der Waals surface area contributed by atoms with Crippen molar-refractivity contribution in [3.63, 3.8) is 0 Å². The Hall–Kier alpha value is -3.06. The van der Waals surface area contributed by atoms with Crippen LogP contribution in [0.3, 0.4) is 0 Å². The highest BCUT2D eigenvalue weighted by Gasteiger charge is 2.17. The molecule has 0 saturated carbocycles. The van der Waals surface area contributed by atoms with Crippen LogP contribution >= 0.6 is 0 Å². The zero-order valence-corrected chi connectivity index (χ0v) is 17.5. The van der Waals surface area contributed by atoms with Gasteiger partial charge in [0.25, 0.3) is 5.91 Å². The van der Waals surface area contributed by atoms with E-state index in [4.69, 9.17) is 4.74 Å². The topological polar surface area (TPSA) is 81.9 Å². The molecule has 0 aliphatic carbocycles. The Morgan fingerprint density at radius 3 is 2.48 bits per heavy atom. The van der Waals surface area contributed by atoms with Crippen LogP contribution in [-0.2, 0) is 4.74 Å². The van der Waals surface area contributed by atoms with Crippen LogP contribution in [0.25, 0.3) is 16.8 Å². The number of hydrogen-bond acceptors (Lipinski definition) is 5. The summed E-state index contributed by atoms with van der Waals surface area (Å²) in [4.78, 5) is 12.9. The van der Waals surface area contributed by atoms with Crippen molar-refractivity contribution in [3.8, 4) is 16.8 Å². The summed E-state index contributed by atoms with van der Waals surface area (Å²) < 4.78 is 6.82. The number of rotatable bonds is 7. The lowest BCUT2D eigenvalue weighted by Crippen LogP contribution is -2.35. The minimum Gasteiger partial charge on any atom is -0.383 e. The summed E-state index contributed by atoms with van der Waals surface area (Å²) in [6, 6.07) is 13.8. The summed E-state index contributed by atoms with van der Waals surface area (Å²) in [6.45, 7) is 8.47. The molecule has 1 heterocycles. The molecule has 0 radical (unpaired) electrons. The van der Waals surface area contributed by atoms with Gasteiger partial charge in [-0.3, -0.25) is 4.79 Å². The third kappa shape index (κ3) is 4.86. The maximum atomic E-state index is 12.9. The van der Waals surface area contributed by atoms with Gasteiger partial charge >= 0.3 is 0 Å². The van der Waals surface area contributed by atoms with E-state index < -0.39 is 0 Å². The number of nitrogens with zero attached hydrogens (tertiary/aromatic N) is 4. The number of amides is 1. The van der Waals surface area contributed by atoms with Crippen LogP contribution in [0.15, 0.2) is 42.5 Å². The fourth-order valence-electron chi connectivity index (χ4n) is 3.11. The van der Waals surface area contributed by atoms with Gasteiger partial charge in [-0.25, -0.2) is 0 Å². The van der Waals surface area contributed by atoms with E-state index in [2.05, 4.69) is 33.0 Å². The van der Waals surface area contributed by atoms with Crippen LogP contribution < -0.4 is 5.32 Å². The first kappa shape index (κ1) is 20.7. The van der Waals surface area contributed by atoms with Crippen molar-refractivity contribution in [2.75, 3.05) is 13.7 Å². The van der Waals surface area contributed by atoms with Gasteiger partial charge in [0.05, 0.1) is 12.3 Å². The zero-order chi connectivity index (χ0) is 21.0. The normalized spacial score (nSPS) is 12.2. The van der Waals surface area contributed by atoms with E-state index in [1.54, 1.807) is 11.8 Å². The Morgan fingerprint density at radius 2 is 1.83 bits per heavy atom. The van der Waals surface area contributed by atoms with E-state index in [9.17, 15) is 4.79 Å². The largest absolute Gasteiger partial charge is 0.383 e. The highest BCUT2D eigenvalue weighted by atomic mass is 16.5. The van der Waals surface area contributed by atoms with Crippen molar-refractivity contribution in [1.82, 2.24) is 25.5 Å². The van der Waals surface area contributed by atoms with Crippen LogP contribution in [0.1, 0.15) is 48.4 Å². The number of carbonyl (C=O) groups excluding carboxylic acids is 1. The number of methoxy groups -OCH3 is 1. The van der Waals surface area contributed by atoms with Gasteiger partial charge in [0, 0.05) is 24.6 Å². The van der Waals surface area contributed by atoms with Crippen molar-refractivity contribution >= 4 is 5.91 Å². The molecule has 0 aliphatic rings. The minimum absolute atomic E-state index is 0.0988. The summed E-state index contributed by atoms with van der Waals surface area (Å²) in [5.74, 6) is 0.723. The van der Waals surface area contributed by atoms with Crippen LogP contribution in [0.5, 0.6) is 0 Å². The van der Waals surface area contributed by atoms with Gasteiger partial charge in [0.1, 0.15) is 0 Å². The average molecular weight is 393 g/mol. The van der Waals surface area contributed by atoms with E-state index >= 15 is 0 Å². The Labute approximate surface area is 171 Å². The van der Waals surface area contributed by atoms with Crippen molar-refractivity contribution in [1.29, 1.82) is 0 Å². The third-order valence-corrected chi connectivity index (χ3v) is 4.61. The fourth-order valence-corrected chi connectivity index (χ4v) is 3.11. The monoisotopic (exact) mass is 393 g/mol. The maximum absolute atomic E-state index is 12.9. The van der Waals surface area contributed by atoms with E-state index in [-0.39, 0.29) is 17.9 Å². The molecule has 3 rings (SSSR count). The molecular weight excluding hydrogens is 366 g/mol. The molecule has 0 aliphatic heterocycles. The quantitative estimate of drug-likeness (QED) is 0.664. The van der Waals surface area contributed by atoms with Crippen molar-refractivity contribution < 1.29 is 9.53 Å². The molecule has 1 aromatic heterocycles. The molecular formula is C22H27N5O2. The number of nitrogens with one attached hydrogen (secondary N) is 1. The first-order valence-corrected chi connectivity index (χ1v) is 9.69. The summed E-state index contributed by atoms with van der Waals surface area (Å²) in [5, 5.41) is 15.1. The third-order valence-electron chi connectivity index (χ3n) is 4.61. The number of tetrazole rings is 1. The summed E-state index contributed by atoms with van der Waals surface area (Å²) >= 11 is 0. The molecule has 2 aromatic carbocycles. The van der Waals surface area contributed by atoms with Crippen molar-refractivity contribution in [2.45, 2.75) is 39.7 Å². The second-order valence-electron chi connectivity index (χ2n) is 7.57. The minimum atomic E-state index is -0.163. The summed E-state index contributed by atoms with van der Waals surface area (Å²) in [6.07, 6.45) is 0. The van der Waals surface area contributed by atoms with Crippen LogP contribution in [0.2, 0.25) is 0 Å². The Kier molecular flexibility index (Phi) is 6.39. The number of ether oxygens (including phenoxy) is 1. The van der Waals surface area contributed by atoms with Crippen LogP contribution in [0, 0.1) is 6.92 Å². The highest BCUT2D eigenvalue weighted by Crippen LogP contribution is 2.26. The molecule has 0 saturated heterocycles. The number of carbonyl (C=O) groups is 1. The second kappa shape index (κ2) is 8.96. The first-order chi connectivity index (χ1) is 13.9. The molecule has 0 bridgehead atoms.